The van der Waals surface area contributed by atoms with Gasteiger partial charge >= 0.3 is 5.97 Å². The lowest BCUT2D eigenvalue weighted by Gasteiger charge is -2.17. The molecule has 4 nitrogen and oxygen atoms in total. The fourth-order valence-electron chi connectivity index (χ4n) is 2.27. The van der Waals surface area contributed by atoms with Gasteiger partial charge in [0.05, 0.1) is 16.8 Å². The Balaban J connectivity index is 2.56. The standard InChI is InChI=1S/C20H28N2O2/c1-13-9-10-15(14(2)11-13)22-17(24-18(23)20(6,7)8)12-16(21-22)19(3,4)5/h9-12H,1-8H3. The maximum Gasteiger partial charge on any atom is 0.317 e. The quantitative estimate of drug-likeness (QED) is 0.748. The first-order valence-corrected chi connectivity index (χ1v) is 8.30. The number of carbonyl (C=O) groups is 1. The molecule has 0 unspecified atom stereocenters. The smallest absolute Gasteiger partial charge is 0.317 e. The number of nitrogens with zero attached hydrogens (tertiary/aromatic N) is 2. The molecule has 4 heteroatoms. The van der Waals surface area contributed by atoms with Crippen molar-refractivity contribution in [3.8, 4) is 11.6 Å². The normalized spacial score (nSPS) is 12.3. The molecule has 1 aromatic carbocycles. The van der Waals surface area contributed by atoms with Crippen molar-refractivity contribution >= 4 is 5.97 Å². The summed E-state index contributed by atoms with van der Waals surface area (Å²) < 4.78 is 7.42. The summed E-state index contributed by atoms with van der Waals surface area (Å²) in [5.74, 6) is 0.195. The van der Waals surface area contributed by atoms with Crippen LogP contribution in [0, 0.1) is 19.3 Å². The van der Waals surface area contributed by atoms with Crippen LogP contribution in [-0.4, -0.2) is 15.7 Å². The summed E-state index contributed by atoms with van der Waals surface area (Å²) in [7, 11) is 0. The van der Waals surface area contributed by atoms with Gasteiger partial charge in [-0.2, -0.15) is 5.10 Å². The van der Waals surface area contributed by atoms with E-state index >= 15 is 0 Å². The molecular weight excluding hydrogens is 300 g/mol. The topological polar surface area (TPSA) is 44.1 Å². The van der Waals surface area contributed by atoms with E-state index in [1.165, 1.54) is 5.56 Å². The summed E-state index contributed by atoms with van der Waals surface area (Å²) in [5, 5.41) is 4.72. The summed E-state index contributed by atoms with van der Waals surface area (Å²) in [5.41, 5.74) is 3.39. The van der Waals surface area contributed by atoms with E-state index in [0.717, 1.165) is 16.9 Å². The van der Waals surface area contributed by atoms with Crippen molar-refractivity contribution in [1.29, 1.82) is 0 Å². The Morgan fingerprint density at radius 2 is 1.67 bits per heavy atom. The number of hydrogen-bond donors (Lipinski definition) is 0. The molecule has 1 heterocycles. The average molecular weight is 328 g/mol. The molecule has 0 saturated heterocycles. The molecule has 0 bridgehead atoms. The average Bonchev–Trinajstić information content (AvgIpc) is 2.81. The Kier molecular flexibility index (Phi) is 4.62. The number of rotatable bonds is 2. The monoisotopic (exact) mass is 328 g/mol. The second kappa shape index (κ2) is 6.08. The number of esters is 1. The highest BCUT2D eigenvalue weighted by atomic mass is 16.5. The van der Waals surface area contributed by atoms with Gasteiger partial charge in [0.15, 0.2) is 0 Å². The molecule has 24 heavy (non-hydrogen) atoms. The molecular formula is C20H28N2O2. The van der Waals surface area contributed by atoms with Gasteiger partial charge < -0.3 is 4.74 Å². The van der Waals surface area contributed by atoms with E-state index in [-0.39, 0.29) is 11.4 Å². The highest BCUT2D eigenvalue weighted by Crippen LogP contribution is 2.30. The van der Waals surface area contributed by atoms with Crippen LogP contribution in [-0.2, 0) is 10.2 Å². The van der Waals surface area contributed by atoms with Gasteiger partial charge in [0.1, 0.15) is 0 Å². The van der Waals surface area contributed by atoms with Crippen LogP contribution in [0.25, 0.3) is 5.69 Å². The molecule has 0 saturated carbocycles. The maximum absolute atomic E-state index is 12.4. The van der Waals surface area contributed by atoms with Crippen LogP contribution < -0.4 is 4.74 Å². The van der Waals surface area contributed by atoms with Crippen molar-refractivity contribution in [2.45, 2.75) is 60.8 Å². The van der Waals surface area contributed by atoms with Crippen LogP contribution >= 0.6 is 0 Å². The van der Waals surface area contributed by atoms with Crippen LogP contribution in [0.3, 0.4) is 0 Å². The zero-order valence-corrected chi connectivity index (χ0v) is 16.0. The SMILES string of the molecule is Cc1ccc(-n2nc(C(C)(C)C)cc2OC(=O)C(C)(C)C)c(C)c1. The first kappa shape index (κ1) is 18.2. The van der Waals surface area contributed by atoms with Crippen molar-refractivity contribution in [2.75, 3.05) is 0 Å². The number of carbonyl (C=O) groups excluding carboxylic acids is 1. The fraction of sp³-hybridized carbons (Fsp3) is 0.500. The van der Waals surface area contributed by atoms with Gasteiger partial charge in [-0.1, -0.05) is 38.5 Å². The summed E-state index contributed by atoms with van der Waals surface area (Å²) in [6.45, 7) is 15.9. The molecule has 0 spiro atoms. The lowest BCUT2D eigenvalue weighted by atomic mass is 9.92. The summed E-state index contributed by atoms with van der Waals surface area (Å²) in [4.78, 5) is 12.4. The van der Waals surface area contributed by atoms with Crippen LogP contribution in [0.15, 0.2) is 24.3 Å². The first-order chi connectivity index (χ1) is 10.9. The zero-order valence-electron chi connectivity index (χ0n) is 16.0. The molecule has 0 aliphatic rings. The molecule has 130 valence electrons. The molecule has 0 N–H and O–H groups in total. The molecule has 0 atom stereocenters. The van der Waals surface area contributed by atoms with Gasteiger partial charge in [0, 0.05) is 11.5 Å². The highest BCUT2D eigenvalue weighted by Gasteiger charge is 2.28. The Morgan fingerprint density at radius 1 is 1.04 bits per heavy atom. The maximum atomic E-state index is 12.4. The molecule has 1 aromatic heterocycles. The van der Waals surface area contributed by atoms with Crippen molar-refractivity contribution < 1.29 is 9.53 Å². The van der Waals surface area contributed by atoms with Gasteiger partial charge in [-0.05, 0) is 46.2 Å². The summed E-state index contributed by atoms with van der Waals surface area (Å²) >= 11 is 0. The van der Waals surface area contributed by atoms with E-state index in [2.05, 4.69) is 33.8 Å². The van der Waals surface area contributed by atoms with E-state index in [0.29, 0.717) is 5.88 Å². The van der Waals surface area contributed by atoms with E-state index < -0.39 is 5.41 Å². The second-order valence-electron chi connectivity index (χ2n) is 8.46. The number of aromatic nitrogens is 2. The minimum absolute atomic E-state index is 0.132. The van der Waals surface area contributed by atoms with Gasteiger partial charge in [0.25, 0.3) is 0 Å². The summed E-state index contributed by atoms with van der Waals surface area (Å²) in [6, 6.07) is 8.01. The Bertz CT molecular complexity index is 759. The molecule has 2 aromatic rings. The van der Waals surface area contributed by atoms with Crippen LogP contribution in [0.1, 0.15) is 58.4 Å². The predicted molar refractivity (Wildman–Crippen MR) is 96.8 cm³/mol. The number of benzene rings is 1. The lowest BCUT2D eigenvalue weighted by Crippen LogP contribution is -2.26. The molecule has 0 aliphatic carbocycles. The summed E-state index contributed by atoms with van der Waals surface area (Å²) in [6.07, 6.45) is 0. The Morgan fingerprint density at radius 3 is 2.17 bits per heavy atom. The van der Waals surface area contributed by atoms with Crippen LogP contribution in [0.5, 0.6) is 5.88 Å². The third-order valence-corrected chi connectivity index (χ3v) is 3.84. The van der Waals surface area contributed by atoms with Crippen LogP contribution in [0.4, 0.5) is 0 Å². The molecule has 0 radical (unpaired) electrons. The molecule has 2 rings (SSSR count). The minimum atomic E-state index is -0.570. The number of aryl methyl sites for hydroxylation is 2. The van der Waals surface area contributed by atoms with Gasteiger partial charge in [-0.15, -0.1) is 0 Å². The zero-order chi connectivity index (χ0) is 18.3. The Hall–Kier alpha value is -2.10. The third-order valence-electron chi connectivity index (χ3n) is 3.84. The van der Waals surface area contributed by atoms with Crippen molar-refractivity contribution in [1.82, 2.24) is 9.78 Å². The second-order valence-corrected chi connectivity index (χ2v) is 8.46. The Labute approximate surface area is 144 Å². The van der Waals surface area contributed by atoms with E-state index in [4.69, 9.17) is 9.84 Å². The number of hydrogen-bond acceptors (Lipinski definition) is 3. The van der Waals surface area contributed by atoms with Crippen LogP contribution in [0.2, 0.25) is 0 Å². The molecule has 0 fully saturated rings. The van der Waals surface area contributed by atoms with Gasteiger partial charge in [-0.25, -0.2) is 4.68 Å². The molecule has 0 amide bonds. The largest absolute Gasteiger partial charge is 0.407 e. The van der Waals surface area contributed by atoms with E-state index in [1.54, 1.807) is 4.68 Å². The first-order valence-electron chi connectivity index (χ1n) is 8.30. The highest BCUT2D eigenvalue weighted by molar-refractivity contribution is 5.77. The van der Waals surface area contributed by atoms with Crippen molar-refractivity contribution in [2.24, 2.45) is 5.41 Å². The predicted octanol–water partition coefficient (Wildman–Crippen LogP) is 4.74. The van der Waals surface area contributed by atoms with Crippen molar-refractivity contribution in [3.63, 3.8) is 0 Å². The molecule has 0 aliphatic heterocycles. The van der Waals surface area contributed by atoms with Gasteiger partial charge in [-0.3, -0.25) is 4.79 Å². The third kappa shape index (κ3) is 3.86. The number of ether oxygens (including phenoxy) is 1. The fourth-order valence-corrected chi connectivity index (χ4v) is 2.27. The van der Waals surface area contributed by atoms with Crippen molar-refractivity contribution in [3.05, 3.63) is 41.1 Å². The lowest BCUT2D eigenvalue weighted by molar-refractivity contribution is -0.143. The minimum Gasteiger partial charge on any atom is -0.407 e. The van der Waals surface area contributed by atoms with E-state index in [9.17, 15) is 4.79 Å². The van der Waals surface area contributed by atoms with Gasteiger partial charge in [0.2, 0.25) is 5.88 Å². The van der Waals surface area contributed by atoms with E-state index in [1.807, 2.05) is 45.9 Å².